The molecule has 2 N–H and O–H groups in total. The molecule has 2 heterocycles. The SMILES string of the molecule is CN=C(NCc1ncc(C)s1)NCC1CCN(CC(F)(F)F)C1.I. The third-order valence-electron chi connectivity index (χ3n) is 3.63. The maximum absolute atomic E-state index is 12.4. The molecule has 5 nitrogen and oxygen atoms in total. The molecule has 0 saturated carbocycles. The van der Waals surface area contributed by atoms with Crippen LogP contribution in [0.1, 0.15) is 16.3 Å². The van der Waals surface area contributed by atoms with Gasteiger partial charge in [-0.3, -0.25) is 9.89 Å². The molecule has 1 saturated heterocycles. The zero-order valence-corrected chi connectivity index (χ0v) is 16.8. The molecule has 1 aromatic rings. The van der Waals surface area contributed by atoms with Crippen LogP contribution in [0.3, 0.4) is 0 Å². The number of hydrogen-bond donors (Lipinski definition) is 2. The predicted octanol–water partition coefficient (Wildman–Crippen LogP) is 2.62. The van der Waals surface area contributed by atoms with Crippen molar-refractivity contribution in [1.82, 2.24) is 20.5 Å². The summed E-state index contributed by atoms with van der Waals surface area (Å²) in [6.45, 7) is 3.35. The van der Waals surface area contributed by atoms with Gasteiger partial charge in [-0.2, -0.15) is 13.2 Å². The van der Waals surface area contributed by atoms with E-state index in [1.807, 2.05) is 13.1 Å². The standard InChI is InChI=1S/C14H22F3N5S.HI/c1-10-5-19-12(23-10)7-21-13(18-2)20-6-11-3-4-22(8-11)9-14(15,16)17;/h5,11H,3-4,6-9H2,1-2H3,(H2,18,20,21);1H. The second kappa shape index (κ2) is 9.76. The molecule has 1 aromatic heterocycles. The van der Waals surface area contributed by atoms with Crippen molar-refractivity contribution in [3.8, 4) is 0 Å². The van der Waals surface area contributed by atoms with E-state index in [2.05, 4.69) is 20.6 Å². The number of halogens is 4. The minimum atomic E-state index is -4.12. The van der Waals surface area contributed by atoms with Crippen LogP contribution in [0.2, 0.25) is 0 Å². The van der Waals surface area contributed by atoms with Gasteiger partial charge in [-0.25, -0.2) is 4.98 Å². The van der Waals surface area contributed by atoms with Gasteiger partial charge in [-0.15, -0.1) is 35.3 Å². The highest BCUT2D eigenvalue weighted by Crippen LogP contribution is 2.22. The lowest BCUT2D eigenvalue weighted by Gasteiger charge is -2.18. The van der Waals surface area contributed by atoms with E-state index >= 15 is 0 Å². The first-order chi connectivity index (χ1) is 10.9. The number of nitrogens with one attached hydrogen (secondary N) is 2. The molecule has 0 bridgehead atoms. The van der Waals surface area contributed by atoms with E-state index in [1.54, 1.807) is 18.4 Å². The van der Waals surface area contributed by atoms with Crippen molar-refractivity contribution in [2.24, 2.45) is 10.9 Å². The summed E-state index contributed by atoms with van der Waals surface area (Å²) in [5, 5.41) is 7.32. The van der Waals surface area contributed by atoms with Crippen LogP contribution in [0.4, 0.5) is 13.2 Å². The van der Waals surface area contributed by atoms with Gasteiger partial charge in [0.2, 0.25) is 0 Å². The maximum atomic E-state index is 12.4. The fourth-order valence-electron chi connectivity index (χ4n) is 2.58. The normalized spacial score (nSPS) is 19.2. The summed E-state index contributed by atoms with van der Waals surface area (Å²) in [7, 11) is 1.67. The molecule has 0 amide bonds. The molecular weight excluding hydrogens is 454 g/mol. The quantitative estimate of drug-likeness (QED) is 0.389. The van der Waals surface area contributed by atoms with Gasteiger partial charge in [0.05, 0.1) is 13.1 Å². The van der Waals surface area contributed by atoms with E-state index in [1.165, 1.54) is 4.90 Å². The fourth-order valence-corrected chi connectivity index (χ4v) is 3.31. The molecule has 24 heavy (non-hydrogen) atoms. The zero-order chi connectivity index (χ0) is 16.9. The maximum Gasteiger partial charge on any atom is 0.401 e. The molecule has 0 aromatic carbocycles. The highest BCUT2D eigenvalue weighted by Gasteiger charge is 2.34. The Bertz CT molecular complexity index is 535. The van der Waals surface area contributed by atoms with Crippen molar-refractivity contribution in [2.75, 3.05) is 33.2 Å². The Labute approximate surface area is 161 Å². The van der Waals surface area contributed by atoms with Crippen LogP contribution in [0, 0.1) is 12.8 Å². The lowest BCUT2D eigenvalue weighted by molar-refractivity contribution is -0.143. The Kier molecular flexibility index (Phi) is 8.71. The highest BCUT2D eigenvalue weighted by atomic mass is 127. The summed E-state index contributed by atoms with van der Waals surface area (Å²) in [5.41, 5.74) is 0. The van der Waals surface area contributed by atoms with Crippen molar-refractivity contribution in [3.05, 3.63) is 16.1 Å². The summed E-state index contributed by atoms with van der Waals surface area (Å²) < 4.78 is 37.1. The fraction of sp³-hybridized carbons (Fsp3) is 0.714. The third-order valence-corrected chi connectivity index (χ3v) is 4.54. The number of aliphatic imine (C=N–C) groups is 1. The molecule has 1 unspecified atom stereocenters. The first kappa shape index (κ1) is 21.4. The van der Waals surface area contributed by atoms with E-state index in [0.717, 1.165) is 16.3 Å². The Morgan fingerprint density at radius 2 is 2.21 bits per heavy atom. The predicted molar refractivity (Wildman–Crippen MR) is 101 cm³/mol. The van der Waals surface area contributed by atoms with Crippen LogP contribution in [0.15, 0.2) is 11.2 Å². The van der Waals surface area contributed by atoms with Crippen LogP contribution < -0.4 is 10.6 Å². The monoisotopic (exact) mass is 477 g/mol. The molecule has 0 radical (unpaired) electrons. The number of nitrogens with zero attached hydrogens (tertiary/aromatic N) is 3. The lowest BCUT2D eigenvalue weighted by atomic mass is 10.1. The van der Waals surface area contributed by atoms with Crippen LogP contribution in [0.25, 0.3) is 0 Å². The topological polar surface area (TPSA) is 52.6 Å². The van der Waals surface area contributed by atoms with Gasteiger partial charge in [-0.05, 0) is 25.8 Å². The molecule has 2 rings (SSSR count). The largest absolute Gasteiger partial charge is 0.401 e. The lowest BCUT2D eigenvalue weighted by Crippen LogP contribution is -2.40. The number of likely N-dealkylation sites (tertiary alicyclic amines) is 1. The molecule has 138 valence electrons. The summed E-state index contributed by atoms with van der Waals surface area (Å²) >= 11 is 1.62. The van der Waals surface area contributed by atoms with E-state index in [0.29, 0.717) is 32.1 Å². The van der Waals surface area contributed by atoms with Gasteiger partial charge < -0.3 is 10.6 Å². The van der Waals surface area contributed by atoms with Gasteiger partial charge in [0.15, 0.2) is 5.96 Å². The Morgan fingerprint density at radius 3 is 2.79 bits per heavy atom. The second-order valence-electron chi connectivity index (χ2n) is 5.68. The third kappa shape index (κ3) is 7.51. The van der Waals surface area contributed by atoms with E-state index in [9.17, 15) is 13.2 Å². The molecule has 0 spiro atoms. The molecule has 0 aliphatic carbocycles. The Morgan fingerprint density at radius 1 is 1.46 bits per heavy atom. The van der Waals surface area contributed by atoms with Gasteiger partial charge in [0, 0.05) is 31.2 Å². The summed E-state index contributed by atoms with van der Waals surface area (Å²) in [6, 6.07) is 0. The van der Waals surface area contributed by atoms with Gasteiger partial charge in [0.1, 0.15) is 5.01 Å². The number of guanidine groups is 1. The van der Waals surface area contributed by atoms with Crippen molar-refractivity contribution in [2.45, 2.75) is 26.1 Å². The second-order valence-corrected chi connectivity index (χ2v) is 7.00. The first-order valence-corrected chi connectivity index (χ1v) is 8.32. The number of aryl methyl sites for hydroxylation is 1. The van der Waals surface area contributed by atoms with Crippen molar-refractivity contribution in [1.29, 1.82) is 0 Å². The van der Waals surface area contributed by atoms with Crippen molar-refractivity contribution >= 4 is 41.3 Å². The molecular formula is C14H23F3IN5S. The average Bonchev–Trinajstić information content (AvgIpc) is 3.06. The number of aromatic nitrogens is 1. The summed E-state index contributed by atoms with van der Waals surface area (Å²) in [4.78, 5) is 11.0. The van der Waals surface area contributed by atoms with Gasteiger partial charge >= 0.3 is 6.18 Å². The summed E-state index contributed by atoms with van der Waals surface area (Å²) in [6.07, 6.45) is -1.52. The molecule has 10 heteroatoms. The van der Waals surface area contributed by atoms with Crippen LogP contribution in [-0.2, 0) is 6.54 Å². The average molecular weight is 477 g/mol. The number of rotatable bonds is 5. The van der Waals surface area contributed by atoms with Crippen LogP contribution in [0.5, 0.6) is 0 Å². The van der Waals surface area contributed by atoms with Crippen molar-refractivity contribution in [3.63, 3.8) is 0 Å². The minimum absolute atomic E-state index is 0. The number of hydrogen-bond acceptors (Lipinski definition) is 4. The van der Waals surface area contributed by atoms with Gasteiger partial charge in [-0.1, -0.05) is 0 Å². The highest BCUT2D eigenvalue weighted by molar-refractivity contribution is 14.0. The minimum Gasteiger partial charge on any atom is -0.356 e. The van der Waals surface area contributed by atoms with Crippen LogP contribution in [-0.4, -0.2) is 55.2 Å². The van der Waals surface area contributed by atoms with Gasteiger partial charge in [0.25, 0.3) is 0 Å². The number of thiazole rings is 1. The molecule has 1 aliphatic rings. The zero-order valence-electron chi connectivity index (χ0n) is 13.7. The molecule has 1 fully saturated rings. The summed E-state index contributed by atoms with van der Waals surface area (Å²) in [5.74, 6) is 0.852. The first-order valence-electron chi connectivity index (χ1n) is 7.50. The molecule has 1 aliphatic heterocycles. The number of alkyl halides is 3. The van der Waals surface area contributed by atoms with Crippen molar-refractivity contribution < 1.29 is 13.2 Å². The van der Waals surface area contributed by atoms with E-state index in [-0.39, 0.29) is 29.9 Å². The van der Waals surface area contributed by atoms with E-state index < -0.39 is 12.7 Å². The Hall–Kier alpha value is -0.620. The molecule has 1 atom stereocenters. The Balaban J connectivity index is 0.00000288. The van der Waals surface area contributed by atoms with Crippen LogP contribution >= 0.6 is 35.3 Å². The smallest absolute Gasteiger partial charge is 0.356 e. The van der Waals surface area contributed by atoms with E-state index in [4.69, 9.17) is 0 Å².